The van der Waals surface area contributed by atoms with Crippen LogP contribution in [0.5, 0.6) is 5.95 Å². The number of halogens is 1. The molecular formula is C15H11FN2O2. The van der Waals surface area contributed by atoms with Crippen LogP contribution >= 0.6 is 0 Å². The summed E-state index contributed by atoms with van der Waals surface area (Å²) in [5.74, 6) is -0.879. The van der Waals surface area contributed by atoms with Crippen molar-refractivity contribution in [3.8, 4) is 22.9 Å². The van der Waals surface area contributed by atoms with Crippen molar-refractivity contribution in [1.82, 2.24) is 5.27 Å². The molecule has 3 rings (SSSR count). The molecular weight excluding hydrogens is 259 g/mol. The zero-order valence-electron chi connectivity index (χ0n) is 10.7. The topological polar surface area (TPSA) is 53.0 Å². The van der Waals surface area contributed by atoms with Gasteiger partial charge in [0, 0.05) is 12.1 Å². The Morgan fingerprint density at radius 1 is 1.05 bits per heavy atom. The van der Waals surface area contributed by atoms with E-state index in [1.54, 1.807) is 0 Å². The molecule has 0 aliphatic rings. The SMILES string of the molecule is Cc1ccc(-c2c([O-])on[n+]2-c2ccc(F)cc2)cc1. The molecule has 1 aromatic heterocycles. The van der Waals surface area contributed by atoms with E-state index in [1.807, 2.05) is 31.2 Å². The van der Waals surface area contributed by atoms with Crippen LogP contribution in [-0.2, 0) is 0 Å². The average molecular weight is 270 g/mol. The second-order valence-electron chi connectivity index (χ2n) is 4.46. The monoisotopic (exact) mass is 270 g/mol. The predicted molar refractivity (Wildman–Crippen MR) is 67.6 cm³/mol. The molecule has 0 saturated heterocycles. The van der Waals surface area contributed by atoms with E-state index in [2.05, 4.69) is 5.27 Å². The Labute approximate surface area is 114 Å². The Bertz CT molecular complexity index is 734. The summed E-state index contributed by atoms with van der Waals surface area (Å²) in [5, 5.41) is 15.6. The number of nitrogens with zero attached hydrogens (tertiary/aromatic N) is 2. The lowest BCUT2D eigenvalue weighted by molar-refractivity contribution is -0.660. The normalized spacial score (nSPS) is 10.7. The van der Waals surface area contributed by atoms with Gasteiger partial charge < -0.3 is 9.63 Å². The van der Waals surface area contributed by atoms with Gasteiger partial charge in [-0.15, -0.1) is 0 Å². The molecule has 0 radical (unpaired) electrons. The van der Waals surface area contributed by atoms with Gasteiger partial charge >= 0.3 is 0 Å². The van der Waals surface area contributed by atoms with Crippen molar-refractivity contribution in [2.45, 2.75) is 6.92 Å². The molecule has 0 N–H and O–H groups in total. The highest BCUT2D eigenvalue weighted by molar-refractivity contribution is 5.60. The summed E-state index contributed by atoms with van der Waals surface area (Å²) in [6, 6.07) is 13.1. The van der Waals surface area contributed by atoms with Gasteiger partial charge in [-0.3, -0.25) is 0 Å². The molecule has 0 saturated carbocycles. The van der Waals surface area contributed by atoms with Crippen molar-refractivity contribution in [3.05, 3.63) is 59.9 Å². The third kappa shape index (κ3) is 2.14. The maximum Gasteiger partial charge on any atom is 0.270 e. The van der Waals surface area contributed by atoms with Gasteiger partial charge in [0.1, 0.15) is 5.82 Å². The van der Waals surface area contributed by atoms with Gasteiger partial charge in [-0.05, 0) is 35.9 Å². The van der Waals surface area contributed by atoms with E-state index >= 15 is 0 Å². The number of benzene rings is 2. The summed E-state index contributed by atoms with van der Waals surface area (Å²) in [4.78, 5) is 0. The van der Waals surface area contributed by atoms with Crippen LogP contribution in [0.3, 0.4) is 0 Å². The summed E-state index contributed by atoms with van der Waals surface area (Å²) in [6.07, 6.45) is 0. The Kier molecular flexibility index (Phi) is 2.95. The fourth-order valence-electron chi connectivity index (χ4n) is 1.96. The Balaban J connectivity index is 2.14. The van der Waals surface area contributed by atoms with Crippen molar-refractivity contribution in [2.24, 2.45) is 0 Å². The van der Waals surface area contributed by atoms with Crippen molar-refractivity contribution in [2.75, 3.05) is 0 Å². The first-order chi connectivity index (χ1) is 9.65. The molecule has 0 bridgehead atoms. The van der Waals surface area contributed by atoms with E-state index in [9.17, 15) is 9.50 Å². The van der Waals surface area contributed by atoms with Crippen LogP contribution in [0.25, 0.3) is 16.9 Å². The second kappa shape index (κ2) is 4.77. The third-order valence-electron chi connectivity index (χ3n) is 3.01. The smallest absolute Gasteiger partial charge is 0.270 e. The molecule has 2 aromatic carbocycles. The molecule has 0 fully saturated rings. The number of aryl methyl sites for hydroxylation is 1. The first kappa shape index (κ1) is 12.3. The number of aromatic nitrogens is 2. The zero-order chi connectivity index (χ0) is 14.1. The van der Waals surface area contributed by atoms with Crippen LogP contribution in [0.4, 0.5) is 4.39 Å². The molecule has 0 spiro atoms. The van der Waals surface area contributed by atoms with Crippen LogP contribution in [-0.4, -0.2) is 5.27 Å². The number of hydrogen-bond acceptors (Lipinski definition) is 3. The highest BCUT2D eigenvalue weighted by Gasteiger charge is 2.22. The lowest BCUT2D eigenvalue weighted by Gasteiger charge is -1.99. The molecule has 3 aromatic rings. The maximum atomic E-state index is 13.0. The second-order valence-corrected chi connectivity index (χ2v) is 4.46. The Morgan fingerprint density at radius 2 is 1.70 bits per heavy atom. The van der Waals surface area contributed by atoms with E-state index in [-0.39, 0.29) is 5.82 Å². The van der Waals surface area contributed by atoms with Crippen molar-refractivity contribution in [3.63, 3.8) is 0 Å². The third-order valence-corrected chi connectivity index (χ3v) is 3.01. The predicted octanol–water partition coefficient (Wildman–Crippen LogP) is 2.14. The summed E-state index contributed by atoms with van der Waals surface area (Å²) in [5.41, 5.74) is 2.67. The average Bonchev–Trinajstić information content (AvgIpc) is 2.83. The molecule has 100 valence electrons. The minimum Gasteiger partial charge on any atom is -0.539 e. The largest absolute Gasteiger partial charge is 0.539 e. The fraction of sp³-hybridized carbons (Fsp3) is 0.0667. The van der Waals surface area contributed by atoms with Crippen molar-refractivity contribution in [1.29, 1.82) is 0 Å². The lowest BCUT2D eigenvalue weighted by atomic mass is 10.1. The minimum atomic E-state index is -0.529. The van der Waals surface area contributed by atoms with Gasteiger partial charge in [-0.1, -0.05) is 17.7 Å². The van der Waals surface area contributed by atoms with Gasteiger partial charge in [0.05, 0.1) is 10.8 Å². The molecule has 1 heterocycles. The summed E-state index contributed by atoms with van der Waals surface area (Å²) in [6.45, 7) is 1.96. The molecule has 5 heteroatoms. The first-order valence-electron chi connectivity index (χ1n) is 6.07. The van der Waals surface area contributed by atoms with Gasteiger partial charge in [0.2, 0.25) is 5.69 Å². The van der Waals surface area contributed by atoms with Crippen LogP contribution in [0.15, 0.2) is 53.1 Å². The Hall–Kier alpha value is -2.69. The highest BCUT2D eigenvalue weighted by atomic mass is 19.1. The van der Waals surface area contributed by atoms with Crippen LogP contribution < -0.4 is 9.79 Å². The molecule has 4 nitrogen and oxygen atoms in total. The fourth-order valence-corrected chi connectivity index (χ4v) is 1.96. The van der Waals surface area contributed by atoms with E-state index < -0.39 is 5.95 Å². The maximum absolute atomic E-state index is 13.0. The van der Waals surface area contributed by atoms with E-state index in [4.69, 9.17) is 4.52 Å². The van der Waals surface area contributed by atoms with E-state index in [1.165, 1.54) is 28.9 Å². The summed E-state index contributed by atoms with van der Waals surface area (Å²) >= 11 is 0. The molecule has 0 amide bonds. The Morgan fingerprint density at radius 3 is 2.35 bits per heavy atom. The van der Waals surface area contributed by atoms with Crippen LogP contribution in [0.2, 0.25) is 0 Å². The standard InChI is InChI=1S/C15H11FN2O2/c1-10-2-4-11(5-3-10)14-15(19)20-17-18(14)13-8-6-12(16)7-9-13/h2-9H,1H3. The zero-order valence-corrected chi connectivity index (χ0v) is 10.7. The molecule has 0 aliphatic heterocycles. The number of hydrogen-bond donors (Lipinski definition) is 0. The van der Waals surface area contributed by atoms with Crippen LogP contribution in [0.1, 0.15) is 5.56 Å². The molecule has 0 aliphatic carbocycles. The van der Waals surface area contributed by atoms with Gasteiger partial charge in [0.15, 0.2) is 5.95 Å². The lowest BCUT2D eigenvalue weighted by Crippen LogP contribution is -2.34. The van der Waals surface area contributed by atoms with Crippen molar-refractivity contribution >= 4 is 0 Å². The van der Waals surface area contributed by atoms with Gasteiger partial charge in [-0.25, -0.2) is 4.39 Å². The van der Waals surface area contributed by atoms with Gasteiger partial charge in [-0.2, -0.15) is 0 Å². The first-order valence-corrected chi connectivity index (χ1v) is 6.07. The van der Waals surface area contributed by atoms with Crippen LogP contribution in [0, 0.1) is 12.7 Å². The van der Waals surface area contributed by atoms with Crippen molar-refractivity contribution < 1.29 is 18.7 Å². The van der Waals surface area contributed by atoms with E-state index in [0.717, 1.165) is 5.56 Å². The van der Waals surface area contributed by atoms with E-state index in [0.29, 0.717) is 16.9 Å². The molecule has 0 unspecified atom stereocenters. The summed E-state index contributed by atoms with van der Waals surface area (Å²) in [7, 11) is 0. The van der Waals surface area contributed by atoms with Gasteiger partial charge in [0.25, 0.3) is 5.69 Å². The summed E-state index contributed by atoms with van der Waals surface area (Å²) < 4.78 is 19.1. The highest BCUT2D eigenvalue weighted by Crippen LogP contribution is 2.24. The molecule has 20 heavy (non-hydrogen) atoms. The minimum absolute atomic E-state index is 0.316. The molecule has 0 atom stereocenters. The quantitative estimate of drug-likeness (QED) is 0.670. The number of rotatable bonds is 2.